The van der Waals surface area contributed by atoms with Gasteiger partial charge in [-0.2, -0.15) is 0 Å². The molecule has 0 aromatic rings. The molecule has 19 heteroatoms. The van der Waals surface area contributed by atoms with Gasteiger partial charge < -0.3 is 33.8 Å². The highest BCUT2D eigenvalue weighted by atomic mass is 31.2. The molecule has 0 fully saturated rings. The second kappa shape index (κ2) is 66.8. The second-order valence-corrected chi connectivity index (χ2v) is 29.4. The molecule has 3 N–H and O–H groups in total. The van der Waals surface area contributed by atoms with Crippen molar-refractivity contribution in [1.82, 2.24) is 0 Å². The molecule has 0 saturated heterocycles. The standard InChI is InChI=1S/C74H140O17P2/c1-6-9-12-15-18-20-22-24-26-30-34-38-43-48-53-58-72(77)85-64-70(91-74(79)60-55-50-45-40-36-32-28-29-33-37-42-46-51-56-67(4)5)66-89-93(82,83)87-62-68(75)61-86-92(80,81)88-65-69(63-84-71(76)57-52-47-41-17-14-11-8-3)90-73(78)59-54-49-44-39-35-31-27-25-23-21-19-16-13-10-7-2/h20,22,24,26,67-70,75H,6-19,21,23,25,27-66H2,1-5H3,(H,80,81)(H,82,83)/b22-20-,26-24-/t68-,69+,70+/m0/s1. The summed E-state index contributed by atoms with van der Waals surface area (Å²) in [6.45, 7) is 7.19. The third-order valence-corrected chi connectivity index (χ3v) is 18.6. The molecule has 0 rings (SSSR count). The van der Waals surface area contributed by atoms with Crippen LogP contribution in [0.1, 0.15) is 362 Å². The first-order chi connectivity index (χ1) is 45.0. The molecule has 0 heterocycles. The Morgan fingerprint density at radius 3 is 0.882 bits per heavy atom. The van der Waals surface area contributed by atoms with Gasteiger partial charge in [-0.15, -0.1) is 0 Å². The molecule has 0 bridgehead atoms. The van der Waals surface area contributed by atoms with Crippen LogP contribution in [0, 0.1) is 5.92 Å². The molecule has 0 aliphatic rings. The molecule has 2 unspecified atom stereocenters. The summed E-state index contributed by atoms with van der Waals surface area (Å²) in [7, 11) is -9.91. The van der Waals surface area contributed by atoms with Gasteiger partial charge in [0.25, 0.3) is 0 Å². The van der Waals surface area contributed by atoms with Crippen LogP contribution in [0.25, 0.3) is 0 Å². The Bertz CT molecular complexity index is 1880. The number of carbonyl (C=O) groups excluding carboxylic acids is 4. The van der Waals surface area contributed by atoms with E-state index in [2.05, 4.69) is 58.9 Å². The van der Waals surface area contributed by atoms with E-state index in [0.29, 0.717) is 25.7 Å². The van der Waals surface area contributed by atoms with Crippen LogP contribution in [0.5, 0.6) is 0 Å². The van der Waals surface area contributed by atoms with Crippen LogP contribution in [0.2, 0.25) is 0 Å². The number of aliphatic hydroxyl groups is 1. The maximum atomic E-state index is 13.0. The Labute approximate surface area is 567 Å². The fourth-order valence-electron chi connectivity index (χ4n) is 10.8. The van der Waals surface area contributed by atoms with Crippen molar-refractivity contribution in [2.75, 3.05) is 39.6 Å². The number of hydrogen-bond donors (Lipinski definition) is 3. The molecule has 0 aromatic heterocycles. The van der Waals surface area contributed by atoms with Crippen molar-refractivity contribution in [2.24, 2.45) is 5.92 Å². The Morgan fingerprint density at radius 2 is 0.581 bits per heavy atom. The number of rotatable bonds is 72. The average Bonchev–Trinajstić information content (AvgIpc) is 2.57. The predicted octanol–water partition coefficient (Wildman–Crippen LogP) is 21.2. The summed E-state index contributed by atoms with van der Waals surface area (Å²) in [6, 6.07) is 0. The fourth-order valence-corrected chi connectivity index (χ4v) is 12.4. The zero-order chi connectivity index (χ0) is 68.4. The number of aliphatic hydroxyl groups excluding tert-OH is 1. The predicted molar refractivity (Wildman–Crippen MR) is 377 cm³/mol. The number of esters is 4. The van der Waals surface area contributed by atoms with Gasteiger partial charge in [0.15, 0.2) is 12.2 Å². The van der Waals surface area contributed by atoms with Gasteiger partial charge >= 0.3 is 39.5 Å². The molecule has 5 atom stereocenters. The van der Waals surface area contributed by atoms with E-state index >= 15 is 0 Å². The monoisotopic (exact) mass is 1360 g/mol. The number of ether oxygens (including phenoxy) is 4. The lowest BCUT2D eigenvalue weighted by Crippen LogP contribution is -2.30. The van der Waals surface area contributed by atoms with E-state index in [-0.39, 0.29) is 25.7 Å². The minimum absolute atomic E-state index is 0.101. The Balaban J connectivity index is 5.23. The highest BCUT2D eigenvalue weighted by Gasteiger charge is 2.30. The molecule has 93 heavy (non-hydrogen) atoms. The summed E-state index contributed by atoms with van der Waals surface area (Å²) >= 11 is 0. The molecule has 0 aliphatic carbocycles. The third-order valence-electron chi connectivity index (χ3n) is 16.7. The van der Waals surface area contributed by atoms with Gasteiger partial charge in [-0.05, 0) is 57.3 Å². The lowest BCUT2D eigenvalue weighted by molar-refractivity contribution is -0.161. The molecule has 0 amide bonds. The topological polar surface area (TPSA) is 237 Å². The minimum atomic E-state index is -4.96. The first-order valence-electron chi connectivity index (χ1n) is 38.0. The molecule has 0 radical (unpaired) electrons. The van der Waals surface area contributed by atoms with Crippen molar-refractivity contribution in [2.45, 2.75) is 380 Å². The maximum Gasteiger partial charge on any atom is 0.472 e. The zero-order valence-corrected chi connectivity index (χ0v) is 61.7. The zero-order valence-electron chi connectivity index (χ0n) is 59.9. The Morgan fingerprint density at radius 1 is 0.333 bits per heavy atom. The lowest BCUT2D eigenvalue weighted by atomic mass is 10.0. The van der Waals surface area contributed by atoms with Gasteiger partial charge in [-0.1, -0.05) is 309 Å². The minimum Gasteiger partial charge on any atom is -0.462 e. The molecular weight excluding hydrogens is 1220 g/mol. The van der Waals surface area contributed by atoms with E-state index in [1.807, 2.05) is 0 Å². The molecule has 17 nitrogen and oxygen atoms in total. The van der Waals surface area contributed by atoms with Gasteiger partial charge in [-0.25, -0.2) is 9.13 Å². The van der Waals surface area contributed by atoms with Gasteiger partial charge in [-0.3, -0.25) is 37.3 Å². The lowest BCUT2D eigenvalue weighted by Gasteiger charge is -2.21. The van der Waals surface area contributed by atoms with Crippen molar-refractivity contribution >= 4 is 39.5 Å². The molecule has 0 spiro atoms. The number of hydrogen-bond acceptors (Lipinski definition) is 15. The van der Waals surface area contributed by atoms with E-state index in [4.69, 9.17) is 37.0 Å². The van der Waals surface area contributed by atoms with Crippen LogP contribution in [0.4, 0.5) is 0 Å². The third kappa shape index (κ3) is 67.9. The normalized spacial score (nSPS) is 14.2. The summed E-state index contributed by atoms with van der Waals surface area (Å²) in [6.07, 6.45) is 57.7. The van der Waals surface area contributed by atoms with Gasteiger partial charge in [0, 0.05) is 25.7 Å². The largest absolute Gasteiger partial charge is 0.472 e. The summed E-state index contributed by atoms with van der Waals surface area (Å²) < 4.78 is 68.3. The van der Waals surface area contributed by atoms with E-state index in [0.717, 1.165) is 128 Å². The van der Waals surface area contributed by atoms with E-state index in [1.165, 1.54) is 154 Å². The van der Waals surface area contributed by atoms with Gasteiger partial charge in [0.05, 0.1) is 26.4 Å². The van der Waals surface area contributed by atoms with Crippen LogP contribution in [-0.2, 0) is 65.4 Å². The number of carbonyl (C=O) groups is 4. The highest BCUT2D eigenvalue weighted by molar-refractivity contribution is 7.47. The Kier molecular flexibility index (Phi) is 65.0. The van der Waals surface area contributed by atoms with Gasteiger partial charge in [0.2, 0.25) is 0 Å². The van der Waals surface area contributed by atoms with Crippen LogP contribution in [0.15, 0.2) is 24.3 Å². The number of phosphoric acid groups is 2. The maximum absolute atomic E-state index is 13.0. The van der Waals surface area contributed by atoms with Crippen molar-refractivity contribution in [1.29, 1.82) is 0 Å². The second-order valence-electron chi connectivity index (χ2n) is 26.5. The Hall–Kier alpha value is -2.46. The van der Waals surface area contributed by atoms with Crippen molar-refractivity contribution in [3.05, 3.63) is 24.3 Å². The van der Waals surface area contributed by atoms with Crippen molar-refractivity contribution in [3.63, 3.8) is 0 Å². The molecule has 0 aromatic carbocycles. The number of allylic oxidation sites excluding steroid dienone is 4. The molecular formula is C74H140O17P2. The number of phosphoric ester groups is 2. The van der Waals surface area contributed by atoms with Crippen molar-refractivity contribution in [3.8, 4) is 0 Å². The fraction of sp³-hybridized carbons (Fsp3) is 0.892. The molecule has 548 valence electrons. The average molecular weight is 1360 g/mol. The quantitative estimate of drug-likeness (QED) is 0.0169. The first-order valence-corrected chi connectivity index (χ1v) is 40.9. The highest BCUT2D eigenvalue weighted by Crippen LogP contribution is 2.45. The van der Waals surface area contributed by atoms with Crippen LogP contribution >= 0.6 is 15.6 Å². The first kappa shape index (κ1) is 90.5. The van der Waals surface area contributed by atoms with Crippen LogP contribution < -0.4 is 0 Å². The van der Waals surface area contributed by atoms with E-state index < -0.39 is 97.5 Å². The SMILES string of the molecule is CCCCCC/C=C\C=C/CCCCCCCC(=O)OC[C@H](COP(=O)(O)OC[C@@H](O)COP(=O)(O)OC[C@@H](COC(=O)CCCCCCCCC)OC(=O)CCCCCCCCCCCCCCCCC)OC(=O)CCCCCCCCCCCCCCCC(C)C. The van der Waals surface area contributed by atoms with E-state index in [9.17, 15) is 43.2 Å². The summed E-state index contributed by atoms with van der Waals surface area (Å²) in [5.41, 5.74) is 0. The molecule has 0 aliphatic heterocycles. The summed E-state index contributed by atoms with van der Waals surface area (Å²) in [4.78, 5) is 72.6. The van der Waals surface area contributed by atoms with E-state index in [1.54, 1.807) is 0 Å². The summed E-state index contributed by atoms with van der Waals surface area (Å²) in [5.74, 6) is -1.37. The summed E-state index contributed by atoms with van der Waals surface area (Å²) in [5, 5.41) is 10.6. The number of unbranched alkanes of at least 4 members (excludes halogenated alkanes) is 41. The van der Waals surface area contributed by atoms with Crippen LogP contribution in [0.3, 0.4) is 0 Å². The smallest absolute Gasteiger partial charge is 0.462 e. The van der Waals surface area contributed by atoms with Crippen LogP contribution in [-0.4, -0.2) is 96.7 Å². The van der Waals surface area contributed by atoms with Gasteiger partial charge in [0.1, 0.15) is 19.3 Å². The van der Waals surface area contributed by atoms with Crippen molar-refractivity contribution < 1.29 is 80.2 Å². The molecule has 0 saturated carbocycles.